The maximum atomic E-state index is 11.0. The minimum absolute atomic E-state index is 0.387. The van der Waals surface area contributed by atoms with E-state index in [1.165, 1.54) is 11.2 Å². The molecular formula is C8H7BrN2O3. The van der Waals surface area contributed by atoms with Crippen molar-refractivity contribution in [1.29, 1.82) is 0 Å². The van der Waals surface area contributed by atoms with Gasteiger partial charge < -0.3 is 9.15 Å². The van der Waals surface area contributed by atoms with Gasteiger partial charge in [-0.1, -0.05) is 0 Å². The second kappa shape index (κ2) is 3.83. The lowest BCUT2D eigenvalue weighted by Crippen LogP contribution is -2.17. The predicted molar refractivity (Wildman–Crippen MR) is 52.1 cm³/mol. The number of amides is 1. The highest BCUT2D eigenvalue weighted by Crippen LogP contribution is 2.12. The van der Waals surface area contributed by atoms with Gasteiger partial charge in [0.05, 0.1) is 12.8 Å². The van der Waals surface area contributed by atoms with Crippen molar-refractivity contribution in [2.24, 2.45) is 5.10 Å². The van der Waals surface area contributed by atoms with Crippen LogP contribution in [0.15, 0.2) is 26.3 Å². The van der Waals surface area contributed by atoms with E-state index in [4.69, 9.17) is 9.15 Å². The molecule has 1 aromatic rings. The molecular weight excluding hydrogens is 252 g/mol. The van der Waals surface area contributed by atoms with Gasteiger partial charge in [-0.15, -0.1) is 0 Å². The molecule has 0 spiro atoms. The first-order valence-corrected chi connectivity index (χ1v) is 4.78. The third-order valence-corrected chi connectivity index (χ3v) is 2.08. The molecule has 1 saturated heterocycles. The van der Waals surface area contributed by atoms with Gasteiger partial charge in [0.2, 0.25) is 0 Å². The van der Waals surface area contributed by atoms with Crippen LogP contribution in [0.4, 0.5) is 4.79 Å². The summed E-state index contributed by atoms with van der Waals surface area (Å²) in [6.07, 6.45) is 1.05. The summed E-state index contributed by atoms with van der Waals surface area (Å²) in [4.78, 5) is 11.0. The standard InChI is InChI=1S/C8H7BrN2O3/c9-7-2-1-6(14-7)5-10-11-3-4-13-8(11)12/h1-2,5H,3-4H2. The van der Waals surface area contributed by atoms with Gasteiger partial charge in [-0.05, 0) is 28.1 Å². The number of ether oxygens (including phenoxy) is 1. The Balaban J connectivity index is 2.03. The van der Waals surface area contributed by atoms with Gasteiger partial charge in [-0.25, -0.2) is 4.79 Å². The van der Waals surface area contributed by atoms with E-state index in [0.717, 1.165) is 0 Å². The zero-order chi connectivity index (χ0) is 9.97. The van der Waals surface area contributed by atoms with E-state index in [1.807, 2.05) is 0 Å². The molecule has 1 aliphatic rings. The number of hydrazone groups is 1. The van der Waals surface area contributed by atoms with Crippen molar-refractivity contribution in [3.63, 3.8) is 0 Å². The fourth-order valence-electron chi connectivity index (χ4n) is 1.01. The molecule has 5 nitrogen and oxygen atoms in total. The summed E-state index contributed by atoms with van der Waals surface area (Å²) < 4.78 is 10.5. The number of carbonyl (C=O) groups excluding carboxylic acids is 1. The fraction of sp³-hybridized carbons (Fsp3) is 0.250. The van der Waals surface area contributed by atoms with Gasteiger partial charge >= 0.3 is 6.09 Å². The zero-order valence-electron chi connectivity index (χ0n) is 7.14. The Labute approximate surface area is 88.4 Å². The van der Waals surface area contributed by atoms with Crippen molar-refractivity contribution in [2.75, 3.05) is 13.2 Å². The molecule has 0 radical (unpaired) electrons. The average Bonchev–Trinajstić information content (AvgIpc) is 2.72. The van der Waals surface area contributed by atoms with Crippen LogP contribution in [0.5, 0.6) is 0 Å². The molecule has 2 rings (SSSR count). The predicted octanol–water partition coefficient (Wildman–Crippen LogP) is 1.83. The molecule has 0 bridgehead atoms. The molecule has 0 atom stereocenters. The fourth-order valence-corrected chi connectivity index (χ4v) is 1.33. The van der Waals surface area contributed by atoms with Crippen molar-refractivity contribution in [3.8, 4) is 0 Å². The van der Waals surface area contributed by atoms with E-state index in [1.54, 1.807) is 12.1 Å². The van der Waals surface area contributed by atoms with Crippen LogP contribution in [0.2, 0.25) is 0 Å². The monoisotopic (exact) mass is 258 g/mol. The molecule has 1 fully saturated rings. The molecule has 2 heterocycles. The highest BCUT2D eigenvalue weighted by molar-refractivity contribution is 9.10. The summed E-state index contributed by atoms with van der Waals surface area (Å²) in [6, 6.07) is 3.50. The van der Waals surface area contributed by atoms with E-state index < -0.39 is 6.09 Å². The van der Waals surface area contributed by atoms with Gasteiger partial charge in [0, 0.05) is 0 Å². The quantitative estimate of drug-likeness (QED) is 0.761. The van der Waals surface area contributed by atoms with Crippen LogP contribution in [0.3, 0.4) is 0 Å². The van der Waals surface area contributed by atoms with Crippen LogP contribution < -0.4 is 0 Å². The molecule has 0 aliphatic carbocycles. The van der Waals surface area contributed by atoms with Crippen LogP contribution in [0.1, 0.15) is 5.76 Å². The Morgan fingerprint density at radius 3 is 3.00 bits per heavy atom. The lowest BCUT2D eigenvalue weighted by Gasteiger charge is -2.01. The maximum Gasteiger partial charge on any atom is 0.430 e. The summed E-state index contributed by atoms with van der Waals surface area (Å²) in [5, 5.41) is 5.15. The maximum absolute atomic E-state index is 11.0. The van der Waals surface area contributed by atoms with E-state index in [-0.39, 0.29) is 0 Å². The molecule has 0 N–H and O–H groups in total. The summed E-state index contributed by atoms with van der Waals surface area (Å²) in [6.45, 7) is 0.870. The zero-order valence-corrected chi connectivity index (χ0v) is 8.73. The van der Waals surface area contributed by atoms with Crippen LogP contribution in [-0.2, 0) is 4.74 Å². The van der Waals surface area contributed by atoms with E-state index in [0.29, 0.717) is 23.6 Å². The van der Waals surface area contributed by atoms with Gasteiger partial charge in [-0.3, -0.25) is 0 Å². The lowest BCUT2D eigenvalue weighted by molar-refractivity contribution is 0.159. The number of furan rings is 1. The van der Waals surface area contributed by atoms with Crippen molar-refractivity contribution in [2.45, 2.75) is 0 Å². The second-order valence-corrected chi connectivity index (χ2v) is 3.41. The highest BCUT2D eigenvalue weighted by Gasteiger charge is 2.20. The van der Waals surface area contributed by atoms with Crippen molar-refractivity contribution >= 4 is 28.2 Å². The Kier molecular flexibility index (Phi) is 2.53. The number of hydrogen-bond acceptors (Lipinski definition) is 4. The molecule has 0 unspecified atom stereocenters. The van der Waals surface area contributed by atoms with Gasteiger partial charge in [0.25, 0.3) is 0 Å². The number of carbonyl (C=O) groups is 1. The molecule has 14 heavy (non-hydrogen) atoms. The average molecular weight is 259 g/mol. The highest BCUT2D eigenvalue weighted by atomic mass is 79.9. The number of nitrogens with zero attached hydrogens (tertiary/aromatic N) is 2. The third kappa shape index (κ3) is 1.95. The summed E-state index contributed by atoms with van der Waals surface area (Å²) in [7, 11) is 0. The number of halogens is 1. The molecule has 74 valence electrons. The van der Waals surface area contributed by atoms with Crippen molar-refractivity contribution < 1.29 is 13.9 Å². The van der Waals surface area contributed by atoms with E-state index in [2.05, 4.69) is 21.0 Å². The molecule has 1 aromatic heterocycles. The van der Waals surface area contributed by atoms with Crippen LogP contribution in [-0.4, -0.2) is 30.5 Å². The van der Waals surface area contributed by atoms with Crippen LogP contribution in [0, 0.1) is 0 Å². The second-order valence-electron chi connectivity index (χ2n) is 2.62. The Hall–Kier alpha value is -1.30. The van der Waals surface area contributed by atoms with E-state index >= 15 is 0 Å². The van der Waals surface area contributed by atoms with Gasteiger partial charge in [0.15, 0.2) is 4.67 Å². The molecule has 6 heteroatoms. The number of cyclic esters (lactones) is 1. The first-order valence-electron chi connectivity index (χ1n) is 3.99. The van der Waals surface area contributed by atoms with Crippen LogP contribution >= 0.6 is 15.9 Å². The minimum Gasteiger partial charge on any atom is -0.448 e. The van der Waals surface area contributed by atoms with Crippen molar-refractivity contribution in [1.82, 2.24) is 5.01 Å². The molecule has 0 aromatic carbocycles. The Bertz CT molecular complexity index is 374. The summed E-state index contributed by atoms with van der Waals surface area (Å²) in [5.74, 6) is 0.580. The van der Waals surface area contributed by atoms with E-state index in [9.17, 15) is 4.79 Å². The smallest absolute Gasteiger partial charge is 0.430 e. The summed E-state index contributed by atoms with van der Waals surface area (Å²) in [5.41, 5.74) is 0. The first-order chi connectivity index (χ1) is 6.75. The third-order valence-electron chi connectivity index (χ3n) is 1.66. The van der Waals surface area contributed by atoms with Crippen LogP contribution in [0.25, 0.3) is 0 Å². The van der Waals surface area contributed by atoms with Crippen molar-refractivity contribution in [3.05, 3.63) is 22.6 Å². The molecule has 0 saturated carbocycles. The lowest BCUT2D eigenvalue weighted by atomic mass is 10.5. The summed E-state index contributed by atoms with van der Waals surface area (Å²) >= 11 is 3.16. The SMILES string of the molecule is O=C1OCCN1N=Cc1ccc(Br)o1. The molecule has 1 amide bonds. The van der Waals surface area contributed by atoms with Gasteiger partial charge in [0.1, 0.15) is 12.4 Å². The normalized spacial score (nSPS) is 16.6. The van der Waals surface area contributed by atoms with Gasteiger partial charge in [-0.2, -0.15) is 10.1 Å². The number of hydrogen-bond donors (Lipinski definition) is 0. The first kappa shape index (κ1) is 9.26. The number of rotatable bonds is 2. The largest absolute Gasteiger partial charge is 0.448 e. The Morgan fingerprint density at radius 1 is 1.57 bits per heavy atom. The molecule has 1 aliphatic heterocycles. The Morgan fingerprint density at radius 2 is 2.43 bits per heavy atom. The minimum atomic E-state index is -0.424. The topological polar surface area (TPSA) is 55.0 Å².